The van der Waals surface area contributed by atoms with Gasteiger partial charge >= 0.3 is 5.97 Å². The summed E-state index contributed by atoms with van der Waals surface area (Å²) in [5.41, 5.74) is 0.717. The molecule has 2 amide bonds. The fourth-order valence-corrected chi connectivity index (χ4v) is 2.80. The third kappa shape index (κ3) is 4.93. The van der Waals surface area contributed by atoms with Crippen molar-refractivity contribution < 1.29 is 23.5 Å². The van der Waals surface area contributed by atoms with Gasteiger partial charge in [-0.15, -0.1) is 0 Å². The molecule has 1 fully saturated rings. The minimum atomic E-state index is -0.753. The summed E-state index contributed by atoms with van der Waals surface area (Å²) >= 11 is 0. The molecular weight excluding hydrogens is 388 g/mol. The molecule has 2 N–H and O–H groups in total. The molecule has 0 radical (unpaired) electrons. The van der Waals surface area contributed by atoms with E-state index >= 15 is 0 Å². The van der Waals surface area contributed by atoms with Gasteiger partial charge in [0.1, 0.15) is 5.76 Å². The highest BCUT2D eigenvalue weighted by Crippen LogP contribution is 2.21. The Labute approximate surface area is 172 Å². The molecule has 154 valence electrons. The molecule has 1 aliphatic carbocycles. The first-order chi connectivity index (χ1) is 14.6. The van der Waals surface area contributed by atoms with Crippen molar-refractivity contribution in [2.45, 2.75) is 25.4 Å². The number of carbonyl (C=O) groups excluding carboxylic acids is 3. The number of hydrogen-bond acceptors (Lipinski definition) is 6. The number of anilines is 1. The number of ether oxygens (including phenoxy) is 1. The minimum absolute atomic E-state index is 0.00540. The molecule has 9 heteroatoms. The minimum Gasteiger partial charge on any atom is -0.452 e. The van der Waals surface area contributed by atoms with Gasteiger partial charge in [-0.05, 0) is 43.2 Å². The van der Waals surface area contributed by atoms with E-state index in [0.29, 0.717) is 23.6 Å². The highest BCUT2D eigenvalue weighted by Gasteiger charge is 2.25. The van der Waals surface area contributed by atoms with Crippen LogP contribution in [-0.4, -0.2) is 40.2 Å². The number of furan rings is 1. The summed E-state index contributed by atoms with van der Waals surface area (Å²) in [4.78, 5) is 36.6. The average molecular weight is 408 g/mol. The standard InChI is InChI=1S/C21H20N4O5/c26-19(24-17-5-2-1-4-16(17)20(27)23-14-6-7-14)13-29-21(28)18-9-8-15(30-18)12-25-11-3-10-22-25/h1-5,8-11,14H,6-7,12-13H2,(H,23,27)(H,24,26). The number of para-hydroxylation sites is 1. The lowest BCUT2D eigenvalue weighted by Gasteiger charge is -2.11. The van der Waals surface area contributed by atoms with Crippen LogP contribution in [-0.2, 0) is 16.1 Å². The maximum absolute atomic E-state index is 12.3. The molecule has 0 bridgehead atoms. The molecule has 1 aliphatic rings. The quantitative estimate of drug-likeness (QED) is 0.552. The lowest BCUT2D eigenvalue weighted by molar-refractivity contribution is -0.119. The van der Waals surface area contributed by atoms with Crippen LogP contribution in [0.5, 0.6) is 0 Å². The summed E-state index contributed by atoms with van der Waals surface area (Å²) in [7, 11) is 0. The van der Waals surface area contributed by atoms with Gasteiger partial charge in [-0.25, -0.2) is 4.79 Å². The van der Waals surface area contributed by atoms with Crippen molar-refractivity contribution in [3.8, 4) is 0 Å². The Morgan fingerprint density at radius 2 is 1.97 bits per heavy atom. The zero-order valence-electron chi connectivity index (χ0n) is 16.0. The zero-order valence-corrected chi connectivity index (χ0v) is 16.0. The van der Waals surface area contributed by atoms with Crippen LogP contribution < -0.4 is 10.6 Å². The Kier molecular flexibility index (Phi) is 5.60. The lowest BCUT2D eigenvalue weighted by Crippen LogP contribution is -2.27. The van der Waals surface area contributed by atoms with Crippen LogP contribution in [0.4, 0.5) is 5.69 Å². The highest BCUT2D eigenvalue weighted by molar-refractivity contribution is 6.04. The Balaban J connectivity index is 1.30. The number of nitrogens with zero attached hydrogens (tertiary/aromatic N) is 2. The average Bonchev–Trinajstić information content (AvgIpc) is 3.20. The maximum Gasteiger partial charge on any atom is 0.374 e. The van der Waals surface area contributed by atoms with Gasteiger partial charge < -0.3 is 19.8 Å². The Hall–Kier alpha value is -3.88. The van der Waals surface area contributed by atoms with E-state index in [1.807, 2.05) is 0 Å². The fraction of sp³-hybridized carbons (Fsp3) is 0.238. The van der Waals surface area contributed by atoms with Gasteiger partial charge in [-0.1, -0.05) is 12.1 Å². The first-order valence-electron chi connectivity index (χ1n) is 9.51. The molecular formula is C21H20N4O5. The number of nitrogens with one attached hydrogen (secondary N) is 2. The van der Waals surface area contributed by atoms with E-state index in [0.717, 1.165) is 12.8 Å². The Morgan fingerprint density at radius 3 is 2.73 bits per heavy atom. The van der Waals surface area contributed by atoms with E-state index in [4.69, 9.17) is 9.15 Å². The molecule has 2 aromatic heterocycles. The topological polar surface area (TPSA) is 115 Å². The normalized spacial score (nSPS) is 12.9. The maximum atomic E-state index is 12.3. The second kappa shape index (κ2) is 8.64. The molecule has 1 aromatic carbocycles. The Morgan fingerprint density at radius 1 is 1.13 bits per heavy atom. The highest BCUT2D eigenvalue weighted by atomic mass is 16.5. The van der Waals surface area contributed by atoms with Crippen LogP contribution in [0.15, 0.2) is 59.3 Å². The van der Waals surface area contributed by atoms with Gasteiger partial charge in [0.15, 0.2) is 6.61 Å². The number of esters is 1. The van der Waals surface area contributed by atoms with E-state index in [-0.39, 0.29) is 17.7 Å². The summed E-state index contributed by atoms with van der Waals surface area (Å²) in [5.74, 6) is -1.03. The van der Waals surface area contributed by atoms with Crippen molar-refractivity contribution >= 4 is 23.5 Å². The third-order valence-electron chi connectivity index (χ3n) is 4.43. The molecule has 9 nitrogen and oxygen atoms in total. The van der Waals surface area contributed by atoms with E-state index in [1.54, 1.807) is 53.5 Å². The van der Waals surface area contributed by atoms with Crippen LogP contribution in [0.3, 0.4) is 0 Å². The van der Waals surface area contributed by atoms with Gasteiger partial charge in [0.05, 0.1) is 17.8 Å². The second-order valence-electron chi connectivity index (χ2n) is 6.89. The summed E-state index contributed by atoms with van der Waals surface area (Å²) in [6.07, 6.45) is 5.34. The summed E-state index contributed by atoms with van der Waals surface area (Å²) < 4.78 is 12.1. The molecule has 3 aromatic rings. The van der Waals surface area contributed by atoms with E-state index < -0.39 is 18.5 Å². The van der Waals surface area contributed by atoms with Gasteiger partial charge in [0.2, 0.25) is 5.76 Å². The largest absolute Gasteiger partial charge is 0.452 e. The van der Waals surface area contributed by atoms with Gasteiger partial charge in [-0.3, -0.25) is 14.3 Å². The summed E-state index contributed by atoms with van der Waals surface area (Å²) in [6.45, 7) is -0.132. The number of benzene rings is 1. The molecule has 30 heavy (non-hydrogen) atoms. The molecule has 2 heterocycles. The summed E-state index contributed by atoms with van der Waals surface area (Å²) in [6, 6.07) is 11.8. The van der Waals surface area contributed by atoms with Crippen molar-refractivity contribution in [3.63, 3.8) is 0 Å². The molecule has 0 saturated heterocycles. The van der Waals surface area contributed by atoms with Crippen molar-refractivity contribution in [1.82, 2.24) is 15.1 Å². The molecule has 0 unspecified atom stereocenters. The van der Waals surface area contributed by atoms with Crippen molar-refractivity contribution in [2.75, 3.05) is 11.9 Å². The SMILES string of the molecule is O=C(COC(=O)c1ccc(Cn2cccn2)o1)Nc1ccccc1C(=O)NC1CC1. The van der Waals surface area contributed by atoms with Crippen molar-refractivity contribution in [1.29, 1.82) is 0 Å². The number of rotatable bonds is 8. The lowest BCUT2D eigenvalue weighted by atomic mass is 10.1. The van der Waals surface area contributed by atoms with Gasteiger partial charge in [0, 0.05) is 18.4 Å². The monoisotopic (exact) mass is 408 g/mol. The smallest absolute Gasteiger partial charge is 0.374 e. The number of aromatic nitrogens is 2. The van der Waals surface area contributed by atoms with E-state index in [9.17, 15) is 14.4 Å². The molecule has 0 spiro atoms. The second-order valence-corrected chi connectivity index (χ2v) is 6.89. The number of hydrogen-bond donors (Lipinski definition) is 2. The predicted octanol–water partition coefficient (Wildman–Crippen LogP) is 2.21. The fourth-order valence-electron chi connectivity index (χ4n) is 2.80. The van der Waals surface area contributed by atoms with Crippen LogP contribution in [0.2, 0.25) is 0 Å². The molecule has 1 saturated carbocycles. The molecule has 4 rings (SSSR count). The third-order valence-corrected chi connectivity index (χ3v) is 4.43. The zero-order chi connectivity index (χ0) is 20.9. The molecule has 0 aliphatic heterocycles. The number of amides is 2. The van der Waals surface area contributed by atoms with Crippen molar-refractivity contribution in [3.05, 3.63) is 71.9 Å². The Bertz CT molecular complexity index is 1050. The number of carbonyl (C=O) groups is 3. The van der Waals surface area contributed by atoms with E-state index in [1.165, 1.54) is 6.07 Å². The van der Waals surface area contributed by atoms with Crippen molar-refractivity contribution in [2.24, 2.45) is 0 Å². The van der Waals surface area contributed by atoms with E-state index in [2.05, 4.69) is 15.7 Å². The first kappa shape index (κ1) is 19.4. The van der Waals surface area contributed by atoms with Crippen LogP contribution in [0.1, 0.15) is 39.5 Å². The van der Waals surface area contributed by atoms with Gasteiger partial charge in [-0.2, -0.15) is 5.10 Å². The van der Waals surface area contributed by atoms with Crippen LogP contribution in [0.25, 0.3) is 0 Å². The van der Waals surface area contributed by atoms with Crippen LogP contribution >= 0.6 is 0 Å². The van der Waals surface area contributed by atoms with Crippen LogP contribution in [0, 0.1) is 0 Å². The predicted molar refractivity (Wildman–Crippen MR) is 106 cm³/mol. The molecule has 0 atom stereocenters. The first-order valence-corrected chi connectivity index (χ1v) is 9.51. The van der Waals surface area contributed by atoms with Gasteiger partial charge in [0.25, 0.3) is 11.8 Å². The summed E-state index contributed by atoms with van der Waals surface area (Å²) in [5, 5.41) is 9.55.